The normalized spacial score (nSPS) is 45.7. The van der Waals surface area contributed by atoms with Crippen LogP contribution in [-0.4, -0.2) is 6.17 Å². The molecule has 0 nitrogen and oxygen atoms in total. The van der Waals surface area contributed by atoms with Gasteiger partial charge in [-0.25, -0.2) is 4.39 Å². The molecule has 13 heavy (non-hydrogen) atoms. The van der Waals surface area contributed by atoms with Crippen molar-refractivity contribution >= 4 is 0 Å². The van der Waals surface area contributed by atoms with Gasteiger partial charge in [0.2, 0.25) is 0 Å². The third kappa shape index (κ3) is 1.62. The lowest BCUT2D eigenvalue weighted by Gasteiger charge is -2.32. The van der Waals surface area contributed by atoms with Gasteiger partial charge in [0, 0.05) is 0 Å². The maximum atomic E-state index is 13.4. The second-order valence-electron chi connectivity index (χ2n) is 5.05. The van der Waals surface area contributed by atoms with Crippen molar-refractivity contribution in [1.29, 1.82) is 0 Å². The molecule has 2 saturated carbocycles. The van der Waals surface area contributed by atoms with E-state index < -0.39 is 6.17 Å². The zero-order chi connectivity index (χ0) is 9.31. The Bertz CT molecular complexity index is 178. The molecule has 0 saturated heterocycles. The van der Waals surface area contributed by atoms with E-state index in [-0.39, 0.29) is 0 Å². The topological polar surface area (TPSA) is 0 Å². The predicted molar refractivity (Wildman–Crippen MR) is 53.4 cm³/mol. The zero-order valence-corrected chi connectivity index (χ0v) is 8.69. The van der Waals surface area contributed by atoms with Crippen LogP contribution in [0.15, 0.2) is 0 Å². The number of hydrogen-bond donors (Lipinski definition) is 0. The van der Waals surface area contributed by atoms with Crippen LogP contribution in [0.3, 0.4) is 0 Å². The van der Waals surface area contributed by atoms with Gasteiger partial charge in [0.15, 0.2) is 0 Å². The van der Waals surface area contributed by atoms with Gasteiger partial charge in [-0.1, -0.05) is 32.6 Å². The smallest absolute Gasteiger partial charge is 0.101 e. The van der Waals surface area contributed by atoms with Crippen molar-refractivity contribution < 1.29 is 4.39 Å². The standard InChI is InChI=1S/C12H21F/c1-2-12-7-5-3-4-6-10(12)8-11(13)9-12/h10-11H,2-9H2,1H3/t10?,11-,12?/m0/s1. The summed E-state index contributed by atoms with van der Waals surface area (Å²) in [5.74, 6) is 0.718. The Hall–Kier alpha value is -0.0700. The minimum absolute atomic E-state index is 0.413. The van der Waals surface area contributed by atoms with Crippen molar-refractivity contribution in [2.75, 3.05) is 0 Å². The molecule has 0 heterocycles. The maximum Gasteiger partial charge on any atom is 0.101 e. The summed E-state index contributed by atoms with van der Waals surface area (Å²) >= 11 is 0. The number of rotatable bonds is 1. The molecular formula is C12H21F. The third-order valence-electron chi connectivity index (χ3n) is 4.47. The molecule has 3 atom stereocenters. The van der Waals surface area contributed by atoms with Crippen LogP contribution in [0.2, 0.25) is 0 Å². The van der Waals surface area contributed by atoms with Crippen LogP contribution in [0, 0.1) is 11.3 Å². The van der Waals surface area contributed by atoms with Crippen LogP contribution in [0.25, 0.3) is 0 Å². The second kappa shape index (κ2) is 3.59. The molecule has 2 aliphatic carbocycles. The van der Waals surface area contributed by atoms with Crippen molar-refractivity contribution in [1.82, 2.24) is 0 Å². The molecule has 0 radical (unpaired) electrons. The van der Waals surface area contributed by atoms with E-state index in [4.69, 9.17) is 0 Å². The van der Waals surface area contributed by atoms with E-state index in [2.05, 4.69) is 6.92 Å². The lowest BCUT2D eigenvalue weighted by atomic mass is 9.72. The summed E-state index contributed by atoms with van der Waals surface area (Å²) in [5.41, 5.74) is 0.413. The first-order valence-corrected chi connectivity index (χ1v) is 5.91. The Balaban J connectivity index is 2.14. The number of fused-ring (bicyclic) bond motifs is 1. The molecule has 2 fully saturated rings. The number of hydrogen-bond acceptors (Lipinski definition) is 0. The van der Waals surface area contributed by atoms with Crippen LogP contribution in [-0.2, 0) is 0 Å². The van der Waals surface area contributed by atoms with Crippen molar-refractivity contribution in [3.8, 4) is 0 Å². The van der Waals surface area contributed by atoms with Gasteiger partial charge in [0.25, 0.3) is 0 Å². The summed E-state index contributed by atoms with van der Waals surface area (Å²) in [5, 5.41) is 0. The van der Waals surface area contributed by atoms with E-state index in [1.165, 1.54) is 38.5 Å². The maximum absolute atomic E-state index is 13.4. The molecule has 0 amide bonds. The molecular weight excluding hydrogens is 163 g/mol. The highest BCUT2D eigenvalue weighted by Gasteiger charge is 2.45. The predicted octanol–water partition coefficient (Wildman–Crippen LogP) is 4.10. The van der Waals surface area contributed by atoms with E-state index in [1.807, 2.05) is 0 Å². The van der Waals surface area contributed by atoms with Crippen molar-refractivity contribution in [2.24, 2.45) is 11.3 Å². The highest BCUT2D eigenvalue weighted by Crippen LogP contribution is 2.53. The number of alkyl halides is 1. The van der Waals surface area contributed by atoms with E-state index in [0.29, 0.717) is 5.41 Å². The van der Waals surface area contributed by atoms with Gasteiger partial charge < -0.3 is 0 Å². The minimum Gasteiger partial charge on any atom is -0.247 e. The summed E-state index contributed by atoms with van der Waals surface area (Å²) in [6.07, 6.45) is 9.14. The molecule has 0 bridgehead atoms. The first kappa shape index (κ1) is 9.48. The largest absolute Gasteiger partial charge is 0.247 e. The van der Waals surface area contributed by atoms with Gasteiger partial charge in [-0.3, -0.25) is 0 Å². The molecule has 2 unspecified atom stereocenters. The van der Waals surface area contributed by atoms with E-state index in [0.717, 1.165) is 18.8 Å². The average Bonchev–Trinajstić information content (AvgIpc) is 2.30. The quantitative estimate of drug-likeness (QED) is 0.575. The van der Waals surface area contributed by atoms with Crippen molar-refractivity contribution in [3.05, 3.63) is 0 Å². The van der Waals surface area contributed by atoms with Crippen molar-refractivity contribution in [3.63, 3.8) is 0 Å². The lowest BCUT2D eigenvalue weighted by Crippen LogP contribution is -2.23. The Labute approximate surface area is 80.9 Å². The molecule has 1 heteroatoms. The second-order valence-corrected chi connectivity index (χ2v) is 5.05. The monoisotopic (exact) mass is 184 g/mol. The third-order valence-corrected chi connectivity index (χ3v) is 4.47. The fourth-order valence-corrected chi connectivity index (χ4v) is 3.63. The SMILES string of the molecule is CCC12CCCCCC1C[C@H](F)C2. The fraction of sp³-hybridized carbons (Fsp3) is 1.00. The van der Waals surface area contributed by atoms with Crippen LogP contribution in [0.1, 0.15) is 58.3 Å². The molecule has 76 valence electrons. The molecule has 0 aliphatic heterocycles. The molecule has 0 aromatic heterocycles. The van der Waals surface area contributed by atoms with E-state index >= 15 is 0 Å². The van der Waals surface area contributed by atoms with Gasteiger partial charge in [0.05, 0.1) is 0 Å². The first-order valence-electron chi connectivity index (χ1n) is 5.91. The summed E-state index contributed by atoms with van der Waals surface area (Å²) in [4.78, 5) is 0. The van der Waals surface area contributed by atoms with Crippen molar-refractivity contribution in [2.45, 2.75) is 64.5 Å². The summed E-state index contributed by atoms with van der Waals surface area (Å²) in [6.45, 7) is 2.26. The Morgan fingerprint density at radius 3 is 2.92 bits per heavy atom. The molecule has 0 spiro atoms. The molecule has 0 aromatic carbocycles. The highest BCUT2D eigenvalue weighted by atomic mass is 19.1. The summed E-state index contributed by atoms with van der Waals surface area (Å²) in [7, 11) is 0. The molecule has 2 aliphatic rings. The van der Waals surface area contributed by atoms with Gasteiger partial charge in [-0.05, 0) is 37.0 Å². The van der Waals surface area contributed by atoms with Crippen LogP contribution in [0.4, 0.5) is 4.39 Å². The van der Waals surface area contributed by atoms with Gasteiger partial charge in [-0.15, -0.1) is 0 Å². The lowest BCUT2D eigenvalue weighted by molar-refractivity contribution is 0.170. The van der Waals surface area contributed by atoms with Crippen LogP contribution >= 0.6 is 0 Å². The minimum atomic E-state index is -0.483. The van der Waals surface area contributed by atoms with Crippen LogP contribution in [0.5, 0.6) is 0 Å². The highest BCUT2D eigenvalue weighted by molar-refractivity contribution is 4.96. The number of halogens is 1. The van der Waals surface area contributed by atoms with Gasteiger partial charge in [0.1, 0.15) is 6.17 Å². The Kier molecular flexibility index (Phi) is 2.62. The van der Waals surface area contributed by atoms with Gasteiger partial charge >= 0.3 is 0 Å². The fourth-order valence-electron chi connectivity index (χ4n) is 3.63. The van der Waals surface area contributed by atoms with E-state index in [1.54, 1.807) is 0 Å². The first-order chi connectivity index (χ1) is 6.27. The Morgan fingerprint density at radius 2 is 2.15 bits per heavy atom. The van der Waals surface area contributed by atoms with E-state index in [9.17, 15) is 4.39 Å². The summed E-state index contributed by atoms with van der Waals surface area (Å²) in [6, 6.07) is 0. The molecule has 2 rings (SSSR count). The van der Waals surface area contributed by atoms with Crippen LogP contribution < -0.4 is 0 Å². The average molecular weight is 184 g/mol. The molecule has 0 aromatic rings. The summed E-state index contributed by atoms with van der Waals surface area (Å²) < 4.78 is 13.4. The molecule has 0 N–H and O–H groups in total. The van der Waals surface area contributed by atoms with Gasteiger partial charge in [-0.2, -0.15) is 0 Å². The Morgan fingerprint density at radius 1 is 1.31 bits per heavy atom. The zero-order valence-electron chi connectivity index (χ0n) is 8.69.